The van der Waals surface area contributed by atoms with Crippen LogP contribution in [0.4, 0.5) is 0 Å². The molecule has 0 bridgehead atoms. The molecule has 0 aliphatic heterocycles. The summed E-state index contributed by atoms with van der Waals surface area (Å²) in [4.78, 5) is 11.6. The van der Waals surface area contributed by atoms with E-state index in [0.717, 1.165) is 16.5 Å². The first-order valence-corrected chi connectivity index (χ1v) is 11.2. The summed E-state index contributed by atoms with van der Waals surface area (Å²) in [6.45, 7) is 2.18. The average Bonchev–Trinajstić information content (AvgIpc) is 2.23. The number of rotatable bonds is 0. The SMILES string of the molecule is CC1CCC(=O)c2cc(Br)ccc21.[Cl][Al]([Cl])[Cl]. The summed E-state index contributed by atoms with van der Waals surface area (Å²) in [6.07, 6.45) is 1.69. The molecule has 0 radical (unpaired) electrons. The van der Waals surface area contributed by atoms with Crippen LogP contribution in [0, 0.1) is 0 Å². The number of benzene rings is 1. The Hall–Kier alpha value is 0.772. The second kappa shape index (κ2) is 7.38. The van der Waals surface area contributed by atoms with Crippen LogP contribution in [0.3, 0.4) is 0 Å². The summed E-state index contributed by atoms with van der Waals surface area (Å²) < 4.78 is 0.994. The van der Waals surface area contributed by atoms with Crippen molar-refractivity contribution in [2.45, 2.75) is 25.7 Å². The van der Waals surface area contributed by atoms with Gasteiger partial charge in [-0.05, 0) is 30.0 Å². The molecule has 1 unspecified atom stereocenters. The third-order valence-corrected chi connectivity index (χ3v) is 3.14. The highest BCUT2D eigenvalue weighted by Crippen LogP contribution is 2.32. The van der Waals surface area contributed by atoms with Gasteiger partial charge in [0.15, 0.2) is 5.78 Å². The van der Waals surface area contributed by atoms with Gasteiger partial charge >= 0.3 is 11.4 Å². The van der Waals surface area contributed by atoms with E-state index in [0.29, 0.717) is 12.3 Å². The van der Waals surface area contributed by atoms with E-state index in [-0.39, 0.29) is 5.78 Å². The first-order valence-electron chi connectivity index (χ1n) is 5.16. The second-order valence-electron chi connectivity index (χ2n) is 3.84. The van der Waals surface area contributed by atoms with Gasteiger partial charge in [-0.3, -0.25) is 4.79 Å². The minimum atomic E-state index is -1.72. The van der Waals surface area contributed by atoms with E-state index < -0.39 is 11.4 Å². The van der Waals surface area contributed by atoms with Crippen molar-refractivity contribution in [3.8, 4) is 0 Å². The molecule has 2 rings (SSSR count). The molecule has 0 amide bonds. The Bertz CT molecular complexity index is 409. The molecule has 17 heavy (non-hydrogen) atoms. The van der Waals surface area contributed by atoms with Crippen molar-refractivity contribution in [1.82, 2.24) is 0 Å². The molecule has 1 aromatic rings. The number of hydrogen-bond acceptors (Lipinski definition) is 1. The Kier molecular flexibility index (Phi) is 6.87. The summed E-state index contributed by atoms with van der Waals surface area (Å²) in [7, 11) is 14.8. The van der Waals surface area contributed by atoms with E-state index in [9.17, 15) is 4.79 Å². The Morgan fingerprint density at radius 3 is 2.53 bits per heavy atom. The Balaban J connectivity index is 0.000000317. The topological polar surface area (TPSA) is 17.1 Å². The minimum absolute atomic E-state index is 0.286. The van der Waals surface area contributed by atoms with E-state index >= 15 is 0 Å². The van der Waals surface area contributed by atoms with Gasteiger partial charge in [-0.15, -0.1) is 0 Å². The van der Waals surface area contributed by atoms with E-state index in [2.05, 4.69) is 28.9 Å². The fraction of sp³-hybridized carbons (Fsp3) is 0.364. The molecule has 6 heteroatoms. The lowest BCUT2D eigenvalue weighted by atomic mass is 9.83. The van der Waals surface area contributed by atoms with Gasteiger partial charge in [0.25, 0.3) is 0 Å². The maximum Gasteiger partial charge on any atom is 0.643 e. The number of carbonyl (C=O) groups excluding carboxylic acids is 1. The van der Waals surface area contributed by atoms with Gasteiger partial charge in [0.2, 0.25) is 0 Å². The zero-order valence-corrected chi connectivity index (χ0v) is 14.2. The van der Waals surface area contributed by atoms with Crippen molar-refractivity contribution in [2.75, 3.05) is 0 Å². The fourth-order valence-electron chi connectivity index (χ4n) is 1.84. The number of Topliss-reactive ketones (excluding diaryl/α,β-unsaturated/α-hetero) is 1. The summed E-state index contributed by atoms with van der Waals surface area (Å²) >= 11 is 1.66. The highest BCUT2D eigenvalue weighted by molar-refractivity contribution is 9.10. The maximum absolute atomic E-state index is 11.6. The van der Waals surface area contributed by atoms with E-state index in [1.165, 1.54) is 5.56 Å². The smallest absolute Gasteiger partial charge is 0.294 e. The highest BCUT2D eigenvalue weighted by Gasteiger charge is 2.22. The van der Waals surface area contributed by atoms with Crippen molar-refractivity contribution >= 4 is 63.2 Å². The minimum Gasteiger partial charge on any atom is -0.294 e. The zero-order valence-electron chi connectivity index (χ0n) is 9.22. The third-order valence-electron chi connectivity index (χ3n) is 2.65. The lowest BCUT2D eigenvalue weighted by molar-refractivity contribution is 0.0968. The van der Waals surface area contributed by atoms with Crippen LogP contribution in [0.5, 0.6) is 0 Å². The van der Waals surface area contributed by atoms with Crippen LogP contribution in [0.25, 0.3) is 0 Å². The van der Waals surface area contributed by atoms with Gasteiger partial charge < -0.3 is 0 Å². The van der Waals surface area contributed by atoms with Crippen molar-refractivity contribution in [3.05, 3.63) is 33.8 Å². The Labute approximate surface area is 127 Å². The molecule has 0 fully saturated rings. The summed E-state index contributed by atoms with van der Waals surface area (Å²) in [5, 5.41) is 0. The van der Waals surface area contributed by atoms with Crippen molar-refractivity contribution in [2.24, 2.45) is 0 Å². The predicted molar refractivity (Wildman–Crippen MR) is 79.4 cm³/mol. The highest BCUT2D eigenvalue weighted by atomic mass is 79.9. The Morgan fingerprint density at radius 1 is 1.35 bits per heavy atom. The first kappa shape index (κ1) is 15.8. The second-order valence-corrected chi connectivity index (χ2v) is 11.2. The molecule has 92 valence electrons. The van der Waals surface area contributed by atoms with Crippen molar-refractivity contribution in [1.29, 1.82) is 0 Å². The number of fused-ring (bicyclic) bond motifs is 1. The van der Waals surface area contributed by atoms with Crippen molar-refractivity contribution in [3.63, 3.8) is 0 Å². The predicted octanol–water partition coefficient (Wildman–Crippen LogP) is 5.22. The summed E-state index contributed by atoms with van der Waals surface area (Å²) in [5.74, 6) is 0.815. The van der Waals surface area contributed by atoms with Gasteiger partial charge in [0.1, 0.15) is 0 Å². The van der Waals surface area contributed by atoms with Crippen molar-refractivity contribution < 1.29 is 4.79 Å². The normalized spacial score (nSPS) is 17.9. The van der Waals surface area contributed by atoms with Crippen LogP contribution in [-0.4, -0.2) is 17.2 Å². The van der Waals surface area contributed by atoms with Crippen LogP contribution >= 0.6 is 46.1 Å². The molecule has 0 heterocycles. The van der Waals surface area contributed by atoms with Crippen LogP contribution in [0.15, 0.2) is 22.7 Å². The van der Waals surface area contributed by atoms with E-state index in [1.54, 1.807) is 0 Å². The van der Waals surface area contributed by atoms with Gasteiger partial charge in [-0.25, -0.2) is 30.1 Å². The lowest BCUT2D eigenvalue weighted by Gasteiger charge is -2.21. The summed E-state index contributed by atoms with van der Waals surface area (Å²) in [5.41, 5.74) is 2.12. The van der Waals surface area contributed by atoms with E-state index in [4.69, 9.17) is 30.1 Å². The van der Waals surface area contributed by atoms with Crippen LogP contribution < -0.4 is 0 Å². The van der Waals surface area contributed by atoms with Crippen LogP contribution in [0.1, 0.15) is 41.6 Å². The van der Waals surface area contributed by atoms with Gasteiger partial charge in [0, 0.05) is 16.5 Å². The fourth-order valence-corrected chi connectivity index (χ4v) is 2.20. The first-order chi connectivity index (χ1) is 7.91. The molecule has 0 aromatic heterocycles. The molecule has 1 nitrogen and oxygen atoms in total. The molecule has 1 aromatic carbocycles. The number of ketones is 1. The lowest BCUT2D eigenvalue weighted by Crippen LogP contribution is -2.13. The molecule has 1 atom stereocenters. The molecular formula is C11H11AlBrCl3O. The quantitative estimate of drug-likeness (QED) is 0.571. The van der Waals surface area contributed by atoms with Gasteiger partial charge in [-0.1, -0.05) is 28.9 Å². The average molecular weight is 372 g/mol. The molecule has 1 aliphatic carbocycles. The number of hydrogen-bond donors (Lipinski definition) is 0. The zero-order chi connectivity index (χ0) is 13.0. The summed E-state index contributed by atoms with van der Waals surface area (Å²) in [6, 6.07) is 6.00. The molecular weight excluding hydrogens is 361 g/mol. The molecule has 1 aliphatic rings. The third kappa shape index (κ3) is 5.11. The largest absolute Gasteiger partial charge is 0.643 e. The maximum atomic E-state index is 11.6. The van der Waals surface area contributed by atoms with Gasteiger partial charge in [-0.2, -0.15) is 0 Å². The van der Waals surface area contributed by atoms with Crippen LogP contribution in [0.2, 0.25) is 0 Å². The van der Waals surface area contributed by atoms with Crippen LogP contribution in [-0.2, 0) is 0 Å². The molecule has 0 N–H and O–H groups in total. The number of carbonyl (C=O) groups is 1. The molecule has 0 spiro atoms. The Morgan fingerprint density at radius 2 is 1.94 bits per heavy atom. The molecule has 0 saturated carbocycles. The standard InChI is InChI=1S/C11H11BrO.Al.3ClH/c1-7-2-5-11(13)10-6-8(12)3-4-9(7)10;;;;/h3-4,6-7H,2,5H2,1H3;;3*1H/q;+3;;;/p-3. The van der Waals surface area contributed by atoms with Gasteiger partial charge in [0.05, 0.1) is 0 Å². The number of halogens is 4. The molecule has 0 saturated heterocycles. The monoisotopic (exact) mass is 370 g/mol. The van der Waals surface area contributed by atoms with E-state index in [1.807, 2.05) is 12.1 Å².